The highest BCUT2D eigenvalue weighted by Gasteiger charge is 2.12. The van der Waals surface area contributed by atoms with Crippen LogP contribution in [0.5, 0.6) is 0 Å². The fourth-order valence-electron chi connectivity index (χ4n) is 1.80. The largest absolute Gasteiger partial charge is 0.478 e. The van der Waals surface area contributed by atoms with E-state index in [1.54, 1.807) is 6.92 Å². The highest BCUT2D eigenvalue weighted by molar-refractivity contribution is 9.11. The molecule has 2 aromatic carbocycles. The second kappa shape index (κ2) is 5.85. The molecule has 0 amide bonds. The second-order valence-corrected chi connectivity index (χ2v) is 6.08. The number of aryl methyl sites for hydroxylation is 1. The van der Waals surface area contributed by atoms with Crippen LogP contribution >= 0.6 is 31.9 Å². The van der Waals surface area contributed by atoms with Gasteiger partial charge in [-0.3, -0.25) is 0 Å². The van der Waals surface area contributed by atoms with Gasteiger partial charge >= 0.3 is 5.97 Å². The molecule has 20 heavy (non-hydrogen) atoms. The first-order valence-corrected chi connectivity index (χ1v) is 7.32. The highest BCUT2D eigenvalue weighted by atomic mass is 79.9. The summed E-state index contributed by atoms with van der Waals surface area (Å²) in [6.07, 6.45) is 0. The molecule has 0 spiro atoms. The van der Waals surface area contributed by atoms with Crippen LogP contribution in [-0.4, -0.2) is 11.1 Å². The van der Waals surface area contributed by atoms with Gasteiger partial charge in [0.05, 0.1) is 11.3 Å². The maximum atomic E-state index is 11.2. The number of hydrogen-bond acceptors (Lipinski definition) is 3. The molecule has 4 nitrogen and oxygen atoms in total. The minimum Gasteiger partial charge on any atom is -0.478 e. The Kier molecular flexibility index (Phi) is 4.35. The molecule has 0 heterocycles. The van der Waals surface area contributed by atoms with Gasteiger partial charge in [-0.05, 0) is 58.7 Å². The number of nitrogen functional groups attached to an aromatic ring is 1. The zero-order valence-corrected chi connectivity index (χ0v) is 13.7. The lowest BCUT2D eigenvalue weighted by atomic mass is 10.1. The summed E-state index contributed by atoms with van der Waals surface area (Å²) < 4.78 is 1.81. The summed E-state index contributed by atoms with van der Waals surface area (Å²) in [7, 11) is 0. The summed E-state index contributed by atoms with van der Waals surface area (Å²) in [4.78, 5) is 11.2. The van der Waals surface area contributed by atoms with Crippen LogP contribution in [0.25, 0.3) is 0 Å². The molecule has 0 unspecified atom stereocenters. The fourth-order valence-corrected chi connectivity index (χ4v) is 2.50. The molecule has 0 aliphatic carbocycles. The summed E-state index contributed by atoms with van der Waals surface area (Å²) in [6.45, 7) is 1.78. The van der Waals surface area contributed by atoms with Crippen molar-refractivity contribution >= 4 is 54.9 Å². The summed E-state index contributed by atoms with van der Waals surface area (Å²) >= 11 is 6.84. The number of rotatable bonds is 3. The number of carbonyl (C=O) groups is 1. The minimum absolute atomic E-state index is 0.0959. The third kappa shape index (κ3) is 3.13. The number of benzene rings is 2. The molecule has 0 radical (unpaired) electrons. The third-order valence-electron chi connectivity index (χ3n) is 2.82. The minimum atomic E-state index is -1.04. The number of nitrogens with one attached hydrogen (secondary N) is 1. The Morgan fingerprint density at radius 2 is 1.95 bits per heavy atom. The summed E-state index contributed by atoms with van der Waals surface area (Å²) in [5.41, 5.74) is 8.39. The van der Waals surface area contributed by atoms with Crippen molar-refractivity contribution in [3.8, 4) is 0 Å². The van der Waals surface area contributed by atoms with Gasteiger partial charge in [0, 0.05) is 20.3 Å². The van der Waals surface area contributed by atoms with Gasteiger partial charge in [0.2, 0.25) is 0 Å². The van der Waals surface area contributed by atoms with Crippen molar-refractivity contribution in [2.24, 2.45) is 0 Å². The molecule has 0 saturated carbocycles. The number of carboxylic acid groups (broad SMARTS) is 1. The molecule has 4 N–H and O–H groups in total. The zero-order chi connectivity index (χ0) is 14.9. The molecular weight excluding hydrogens is 388 g/mol. The van der Waals surface area contributed by atoms with E-state index in [-0.39, 0.29) is 11.3 Å². The van der Waals surface area contributed by atoms with Gasteiger partial charge < -0.3 is 16.2 Å². The average Bonchev–Trinajstić information content (AvgIpc) is 2.37. The highest BCUT2D eigenvalue weighted by Crippen LogP contribution is 2.31. The molecule has 2 aromatic rings. The topological polar surface area (TPSA) is 75.3 Å². The molecular formula is C14H12Br2N2O2. The Bertz CT molecular complexity index is 687. The first kappa shape index (κ1) is 14.9. The predicted molar refractivity (Wildman–Crippen MR) is 87.7 cm³/mol. The van der Waals surface area contributed by atoms with E-state index in [1.165, 1.54) is 6.07 Å². The van der Waals surface area contributed by atoms with E-state index in [9.17, 15) is 4.79 Å². The summed E-state index contributed by atoms with van der Waals surface area (Å²) in [5.74, 6) is -1.04. The van der Waals surface area contributed by atoms with E-state index in [4.69, 9.17) is 10.8 Å². The van der Waals surface area contributed by atoms with Crippen LogP contribution in [-0.2, 0) is 0 Å². The van der Waals surface area contributed by atoms with Crippen molar-refractivity contribution in [2.45, 2.75) is 6.92 Å². The monoisotopic (exact) mass is 398 g/mol. The Balaban J connectivity index is 2.44. The van der Waals surface area contributed by atoms with Crippen molar-refractivity contribution < 1.29 is 9.90 Å². The molecule has 0 saturated heterocycles. The third-order valence-corrected chi connectivity index (χ3v) is 4.01. The first-order valence-electron chi connectivity index (χ1n) is 5.74. The van der Waals surface area contributed by atoms with Gasteiger partial charge in [-0.15, -0.1) is 0 Å². The molecule has 0 fully saturated rings. The number of carboxylic acids is 1. The van der Waals surface area contributed by atoms with Crippen molar-refractivity contribution in [1.82, 2.24) is 0 Å². The number of aromatic carboxylic acids is 1. The lowest BCUT2D eigenvalue weighted by molar-refractivity contribution is 0.0698. The van der Waals surface area contributed by atoms with Gasteiger partial charge in [-0.2, -0.15) is 0 Å². The van der Waals surface area contributed by atoms with Crippen molar-refractivity contribution in [3.63, 3.8) is 0 Å². The number of hydrogen-bond donors (Lipinski definition) is 3. The van der Waals surface area contributed by atoms with Crippen LogP contribution in [0.4, 0.5) is 17.1 Å². The van der Waals surface area contributed by atoms with Crippen LogP contribution in [0.15, 0.2) is 39.3 Å². The lowest BCUT2D eigenvalue weighted by Gasteiger charge is -2.13. The first-order chi connectivity index (χ1) is 9.38. The van der Waals surface area contributed by atoms with Gasteiger partial charge in [0.1, 0.15) is 0 Å². The number of halogens is 2. The molecule has 0 aliphatic heterocycles. The van der Waals surface area contributed by atoms with Crippen LogP contribution < -0.4 is 11.1 Å². The Labute approximate surface area is 133 Å². The molecule has 0 aromatic heterocycles. The van der Waals surface area contributed by atoms with Gasteiger partial charge in [0.15, 0.2) is 0 Å². The van der Waals surface area contributed by atoms with Crippen molar-refractivity contribution in [1.29, 1.82) is 0 Å². The Morgan fingerprint density at radius 3 is 2.60 bits per heavy atom. The smallest absolute Gasteiger partial charge is 0.337 e. The Morgan fingerprint density at radius 1 is 1.25 bits per heavy atom. The molecule has 2 rings (SSSR count). The van der Waals surface area contributed by atoms with Crippen LogP contribution in [0.1, 0.15) is 15.9 Å². The second-order valence-electron chi connectivity index (χ2n) is 4.31. The van der Waals surface area contributed by atoms with Crippen LogP contribution in [0.3, 0.4) is 0 Å². The lowest BCUT2D eigenvalue weighted by Crippen LogP contribution is -2.05. The quantitative estimate of drug-likeness (QED) is 0.662. The van der Waals surface area contributed by atoms with Gasteiger partial charge in [-0.1, -0.05) is 15.9 Å². The molecule has 104 valence electrons. The number of nitrogens with two attached hydrogens (primary N) is 1. The molecule has 0 bridgehead atoms. The van der Waals surface area contributed by atoms with E-state index in [1.807, 2.05) is 24.3 Å². The van der Waals surface area contributed by atoms with Gasteiger partial charge in [-0.25, -0.2) is 4.79 Å². The molecule has 0 atom stereocenters. The van der Waals surface area contributed by atoms with E-state index in [0.717, 1.165) is 20.2 Å². The summed E-state index contributed by atoms with van der Waals surface area (Å²) in [5, 5.41) is 12.3. The predicted octanol–water partition coefficient (Wildman–Crippen LogP) is 4.54. The normalized spacial score (nSPS) is 10.3. The van der Waals surface area contributed by atoms with E-state index in [0.29, 0.717) is 5.69 Å². The van der Waals surface area contributed by atoms with Gasteiger partial charge in [0.25, 0.3) is 0 Å². The SMILES string of the molecule is Cc1cc(Nc2cc(Br)ccc2Br)cc(C(=O)O)c1N. The molecule has 6 heteroatoms. The fraction of sp³-hybridized carbons (Fsp3) is 0.0714. The number of anilines is 3. The summed E-state index contributed by atoms with van der Waals surface area (Å²) in [6, 6.07) is 9.05. The van der Waals surface area contributed by atoms with Crippen LogP contribution in [0.2, 0.25) is 0 Å². The average molecular weight is 400 g/mol. The molecule has 0 aliphatic rings. The van der Waals surface area contributed by atoms with Crippen molar-refractivity contribution in [3.05, 3.63) is 50.4 Å². The maximum Gasteiger partial charge on any atom is 0.337 e. The van der Waals surface area contributed by atoms with Crippen LogP contribution in [0, 0.1) is 6.92 Å². The van der Waals surface area contributed by atoms with E-state index in [2.05, 4.69) is 37.2 Å². The zero-order valence-electron chi connectivity index (χ0n) is 10.6. The van der Waals surface area contributed by atoms with E-state index < -0.39 is 5.97 Å². The maximum absolute atomic E-state index is 11.2. The van der Waals surface area contributed by atoms with E-state index >= 15 is 0 Å². The standard InChI is InChI=1S/C14H12Br2N2O2/c1-7-4-9(6-10(13(7)17)14(19)20)18-12-5-8(15)2-3-11(12)16/h2-6,18H,17H2,1H3,(H,19,20). The Hall–Kier alpha value is -1.53. The van der Waals surface area contributed by atoms with Crippen molar-refractivity contribution in [2.75, 3.05) is 11.1 Å².